The van der Waals surface area contributed by atoms with Gasteiger partial charge in [-0.05, 0) is 24.6 Å². The maximum absolute atomic E-state index is 12.2. The van der Waals surface area contributed by atoms with Gasteiger partial charge in [0, 0.05) is 18.7 Å². The molecule has 0 fully saturated rings. The van der Waals surface area contributed by atoms with Crippen LogP contribution in [0.15, 0.2) is 52.1 Å². The second-order valence-electron chi connectivity index (χ2n) is 6.52. The zero-order chi connectivity index (χ0) is 19.2. The van der Waals surface area contributed by atoms with Crippen molar-refractivity contribution in [3.63, 3.8) is 0 Å². The average molecular weight is 382 g/mol. The summed E-state index contributed by atoms with van der Waals surface area (Å²) in [5.41, 5.74) is 3.04. The van der Waals surface area contributed by atoms with Crippen LogP contribution in [0.4, 0.5) is 0 Å². The molecule has 0 aliphatic rings. The highest BCUT2D eigenvalue weighted by Crippen LogP contribution is 2.28. The second-order valence-corrected chi connectivity index (χ2v) is 7.48. The Labute approximate surface area is 162 Å². The van der Waals surface area contributed by atoms with E-state index in [1.807, 2.05) is 57.2 Å². The summed E-state index contributed by atoms with van der Waals surface area (Å²) >= 11 is 1.36. The van der Waals surface area contributed by atoms with E-state index in [0.29, 0.717) is 23.3 Å². The van der Waals surface area contributed by atoms with Crippen LogP contribution in [0.1, 0.15) is 36.8 Å². The molecule has 6 nitrogen and oxygen atoms in total. The number of hydrogen-bond acceptors (Lipinski definition) is 6. The van der Waals surface area contributed by atoms with Crippen LogP contribution in [0.3, 0.4) is 0 Å². The van der Waals surface area contributed by atoms with Crippen molar-refractivity contribution in [3.8, 4) is 11.4 Å². The Balaban J connectivity index is 1.60. The van der Waals surface area contributed by atoms with Gasteiger partial charge in [0.25, 0.3) is 0 Å². The molecule has 3 rings (SSSR count). The fraction of sp³-hybridized carbons (Fsp3) is 0.300. The summed E-state index contributed by atoms with van der Waals surface area (Å²) in [7, 11) is 0. The highest BCUT2D eigenvalue weighted by atomic mass is 32.2. The van der Waals surface area contributed by atoms with Gasteiger partial charge in [-0.2, -0.15) is 4.98 Å². The van der Waals surface area contributed by atoms with Crippen LogP contribution in [-0.2, 0) is 11.3 Å². The first-order valence-corrected chi connectivity index (χ1v) is 9.75. The number of pyridine rings is 1. The van der Waals surface area contributed by atoms with E-state index in [2.05, 4.69) is 20.4 Å². The first kappa shape index (κ1) is 19.1. The van der Waals surface area contributed by atoms with Crippen molar-refractivity contribution in [2.24, 2.45) is 0 Å². The first-order chi connectivity index (χ1) is 13.0. The van der Waals surface area contributed by atoms with Gasteiger partial charge >= 0.3 is 0 Å². The molecule has 0 radical (unpaired) electrons. The van der Waals surface area contributed by atoms with Gasteiger partial charge in [0.1, 0.15) is 5.03 Å². The Bertz CT molecular complexity index is 906. The lowest BCUT2D eigenvalue weighted by Crippen LogP contribution is -2.24. The molecular formula is C20H22N4O2S. The van der Waals surface area contributed by atoms with E-state index in [0.717, 1.165) is 11.1 Å². The molecule has 1 N–H and O–H groups in total. The average Bonchev–Trinajstić information content (AvgIpc) is 3.16. The number of aromatic nitrogens is 3. The molecule has 0 saturated heterocycles. The van der Waals surface area contributed by atoms with E-state index < -0.39 is 0 Å². The quantitative estimate of drug-likeness (QED) is 0.623. The number of carbonyl (C=O) groups is 1. The van der Waals surface area contributed by atoms with Gasteiger partial charge in [0.15, 0.2) is 0 Å². The molecule has 1 aromatic carbocycles. The van der Waals surface area contributed by atoms with E-state index in [-0.39, 0.29) is 17.6 Å². The Kier molecular flexibility index (Phi) is 6.24. The predicted molar refractivity (Wildman–Crippen MR) is 105 cm³/mol. The Morgan fingerprint density at radius 1 is 1.22 bits per heavy atom. The third-order valence-corrected chi connectivity index (χ3v) is 4.90. The number of amides is 1. The third-order valence-electron chi connectivity index (χ3n) is 3.90. The summed E-state index contributed by atoms with van der Waals surface area (Å²) in [6.07, 6.45) is 1.69. The largest absolute Gasteiger partial charge is 0.351 e. The highest BCUT2D eigenvalue weighted by molar-refractivity contribution is 8.00. The Hall–Kier alpha value is -2.67. The minimum atomic E-state index is -0.0480. The second kappa shape index (κ2) is 8.81. The minimum Gasteiger partial charge on any atom is -0.351 e. The van der Waals surface area contributed by atoms with Gasteiger partial charge in [0.2, 0.25) is 17.6 Å². The smallest absolute Gasteiger partial charge is 0.230 e. The third kappa shape index (κ3) is 5.17. The maximum Gasteiger partial charge on any atom is 0.230 e. The number of thioether (sulfide) groups is 1. The van der Waals surface area contributed by atoms with Crippen LogP contribution in [0.5, 0.6) is 0 Å². The molecule has 0 bridgehead atoms. The van der Waals surface area contributed by atoms with Gasteiger partial charge in [0.05, 0.1) is 11.3 Å². The van der Waals surface area contributed by atoms with Gasteiger partial charge < -0.3 is 9.84 Å². The molecule has 27 heavy (non-hydrogen) atoms. The number of benzene rings is 1. The lowest BCUT2D eigenvalue weighted by molar-refractivity contribution is -0.118. The van der Waals surface area contributed by atoms with Gasteiger partial charge in [-0.15, -0.1) is 0 Å². The van der Waals surface area contributed by atoms with Crippen molar-refractivity contribution < 1.29 is 9.32 Å². The number of aryl methyl sites for hydroxylation is 1. The summed E-state index contributed by atoms with van der Waals surface area (Å²) in [6, 6.07) is 11.8. The van der Waals surface area contributed by atoms with Crippen molar-refractivity contribution in [2.75, 3.05) is 5.75 Å². The molecule has 140 valence electrons. The maximum atomic E-state index is 12.2. The standard InChI is InChI=1S/C20H22N4O2S/c1-13(2)19-23-18(24-26-19)16-5-4-10-21-20(16)27-12-17(25)22-11-15-8-6-14(3)7-9-15/h4-10,13H,11-12H2,1-3H3,(H,22,25). The zero-order valence-electron chi connectivity index (χ0n) is 15.6. The molecule has 3 aromatic rings. The topological polar surface area (TPSA) is 80.9 Å². The number of rotatable bonds is 7. The van der Waals surface area contributed by atoms with E-state index in [4.69, 9.17) is 4.52 Å². The molecule has 2 aromatic heterocycles. The monoisotopic (exact) mass is 382 g/mol. The van der Waals surface area contributed by atoms with Gasteiger partial charge in [-0.1, -0.05) is 60.6 Å². The fourth-order valence-electron chi connectivity index (χ4n) is 2.35. The minimum absolute atomic E-state index is 0.0480. The predicted octanol–water partition coefficient (Wildman–Crippen LogP) is 3.97. The van der Waals surface area contributed by atoms with E-state index >= 15 is 0 Å². The lowest BCUT2D eigenvalue weighted by atomic mass is 10.1. The van der Waals surface area contributed by atoms with Crippen molar-refractivity contribution >= 4 is 17.7 Å². The van der Waals surface area contributed by atoms with Crippen molar-refractivity contribution in [1.82, 2.24) is 20.4 Å². The number of nitrogens with zero attached hydrogens (tertiary/aromatic N) is 3. The van der Waals surface area contributed by atoms with Gasteiger partial charge in [-0.3, -0.25) is 4.79 Å². The fourth-order valence-corrected chi connectivity index (χ4v) is 3.17. The molecule has 0 saturated carbocycles. The molecular weight excluding hydrogens is 360 g/mol. The summed E-state index contributed by atoms with van der Waals surface area (Å²) in [6.45, 7) is 6.54. The summed E-state index contributed by atoms with van der Waals surface area (Å²) < 4.78 is 5.28. The lowest BCUT2D eigenvalue weighted by Gasteiger charge is -2.07. The van der Waals surface area contributed by atoms with Crippen molar-refractivity contribution in [2.45, 2.75) is 38.3 Å². The van der Waals surface area contributed by atoms with Crippen LogP contribution in [-0.4, -0.2) is 26.8 Å². The molecule has 0 spiro atoms. The molecule has 2 heterocycles. The van der Waals surface area contributed by atoms with E-state index in [9.17, 15) is 4.79 Å². The first-order valence-electron chi connectivity index (χ1n) is 8.77. The number of nitrogens with one attached hydrogen (secondary N) is 1. The number of carbonyl (C=O) groups excluding carboxylic acids is 1. The van der Waals surface area contributed by atoms with Crippen LogP contribution in [0, 0.1) is 6.92 Å². The Morgan fingerprint density at radius 2 is 2.00 bits per heavy atom. The summed E-state index contributed by atoms with van der Waals surface area (Å²) in [5, 5.41) is 7.68. The van der Waals surface area contributed by atoms with Gasteiger partial charge in [-0.25, -0.2) is 4.98 Å². The van der Waals surface area contributed by atoms with Crippen LogP contribution in [0.2, 0.25) is 0 Å². The van der Waals surface area contributed by atoms with Crippen LogP contribution < -0.4 is 5.32 Å². The number of hydrogen-bond donors (Lipinski definition) is 1. The molecule has 0 atom stereocenters. The van der Waals surface area contributed by atoms with Crippen molar-refractivity contribution in [1.29, 1.82) is 0 Å². The SMILES string of the molecule is Cc1ccc(CNC(=O)CSc2ncccc2-c2noc(C(C)C)n2)cc1. The van der Waals surface area contributed by atoms with Crippen LogP contribution in [0.25, 0.3) is 11.4 Å². The summed E-state index contributed by atoms with van der Waals surface area (Å²) in [4.78, 5) is 21.0. The molecule has 0 unspecified atom stereocenters. The normalized spacial score (nSPS) is 11.0. The molecule has 7 heteroatoms. The van der Waals surface area contributed by atoms with E-state index in [1.165, 1.54) is 17.3 Å². The molecule has 0 aliphatic heterocycles. The molecule has 1 amide bonds. The highest BCUT2D eigenvalue weighted by Gasteiger charge is 2.16. The Morgan fingerprint density at radius 3 is 2.70 bits per heavy atom. The molecule has 0 aliphatic carbocycles. The summed E-state index contributed by atoms with van der Waals surface area (Å²) in [5.74, 6) is 1.46. The van der Waals surface area contributed by atoms with E-state index in [1.54, 1.807) is 6.20 Å². The van der Waals surface area contributed by atoms with Crippen LogP contribution >= 0.6 is 11.8 Å². The zero-order valence-corrected chi connectivity index (χ0v) is 16.4. The van der Waals surface area contributed by atoms with Crippen molar-refractivity contribution in [3.05, 3.63) is 59.6 Å².